The predicted octanol–water partition coefficient (Wildman–Crippen LogP) is 2.71. The fraction of sp³-hybridized carbons (Fsp3) is 0.417. The van der Waals surface area contributed by atoms with Gasteiger partial charge in [-0.15, -0.1) is 0 Å². The van der Waals surface area contributed by atoms with E-state index in [4.69, 9.17) is 10.5 Å². The number of alkyl halides is 3. The second kappa shape index (κ2) is 7.09. The first kappa shape index (κ1) is 16.2. The number of hydrogen-bond acceptors (Lipinski definition) is 3. The molecule has 1 amide bonds. The van der Waals surface area contributed by atoms with Crippen LogP contribution in [0.5, 0.6) is 0 Å². The summed E-state index contributed by atoms with van der Waals surface area (Å²) in [5.41, 5.74) is 5.52. The molecule has 0 heterocycles. The number of carbonyl (C=O) groups is 1. The van der Waals surface area contributed by atoms with Gasteiger partial charge in [-0.1, -0.05) is 0 Å². The van der Waals surface area contributed by atoms with Gasteiger partial charge in [0.05, 0.1) is 31.7 Å². The van der Waals surface area contributed by atoms with E-state index in [2.05, 4.69) is 5.32 Å². The Kier molecular flexibility index (Phi) is 5.75. The van der Waals surface area contributed by atoms with Crippen molar-refractivity contribution in [3.05, 3.63) is 24.0 Å². The van der Waals surface area contributed by atoms with Gasteiger partial charge in [0, 0.05) is 5.69 Å². The first-order chi connectivity index (χ1) is 9.28. The first-order valence-electron chi connectivity index (χ1n) is 5.77. The average Bonchev–Trinajstić information content (AvgIpc) is 2.32. The number of benzene rings is 1. The van der Waals surface area contributed by atoms with Gasteiger partial charge >= 0.3 is 6.18 Å². The Hall–Kier alpha value is -1.83. The van der Waals surface area contributed by atoms with E-state index >= 15 is 0 Å². The van der Waals surface area contributed by atoms with E-state index in [-0.39, 0.29) is 18.7 Å². The number of nitrogen functional groups attached to an aromatic ring is 1. The molecule has 0 aliphatic heterocycles. The summed E-state index contributed by atoms with van der Waals surface area (Å²) in [5.74, 6) is -1.05. The van der Waals surface area contributed by atoms with Crippen molar-refractivity contribution in [1.29, 1.82) is 0 Å². The molecule has 0 bridgehead atoms. The molecule has 0 aromatic heterocycles. The van der Waals surface area contributed by atoms with Crippen LogP contribution in [-0.2, 0) is 9.53 Å². The Labute approximate surface area is 112 Å². The number of halogens is 4. The minimum atomic E-state index is -4.27. The van der Waals surface area contributed by atoms with Gasteiger partial charge < -0.3 is 15.8 Å². The third kappa shape index (κ3) is 6.37. The molecule has 0 fully saturated rings. The summed E-state index contributed by atoms with van der Waals surface area (Å²) in [6, 6.07) is 3.68. The minimum Gasteiger partial charge on any atom is -0.396 e. The Morgan fingerprint density at radius 3 is 2.60 bits per heavy atom. The molecule has 0 aliphatic rings. The molecule has 0 saturated carbocycles. The van der Waals surface area contributed by atoms with E-state index in [1.54, 1.807) is 0 Å². The summed E-state index contributed by atoms with van der Waals surface area (Å²) in [6.07, 6.45) is -5.42. The highest BCUT2D eigenvalue weighted by Crippen LogP contribution is 2.19. The van der Waals surface area contributed by atoms with E-state index in [1.165, 1.54) is 12.1 Å². The zero-order chi connectivity index (χ0) is 15.2. The number of carbonyl (C=O) groups excluding carboxylic acids is 1. The van der Waals surface area contributed by atoms with E-state index in [0.717, 1.165) is 6.07 Å². The van der Waals surface area contributed by atoms with Crippen molar-refractivity contribution >= 4 is 17.3 Å². The molecule has 0 spiro atoms. The Morgan fingerprint density at radius 2 is 2.00 bits per heavy atom. The Morgan fingerprint density at radius 1 is 1.30 bits per heavy atom. The number of ether oxygens (including phenoxy) is 1. The molecule has 8 heteroatoms. The van der Waals surface area contributed by atoms with Gasteiger partial charge in [-0.05, 0) is 18.2 Å². The molecule has 0 saturated heterocycles. The van der Waals surface area contributed by atoms with E-state index in [0.29, 0.717) is 5.69 Å². The highest BCUT2D eigenvalue weighted by Gasteiger charge is 2.26. The highest BCUT2D eigenvalue weighted by molar-refractivity contribution is 5.91. The normalized spacial score (nSPS) is 11.4. The number of nitrogens with one attached hydrogen (secondary N) is 1. The molecular weight excluding hydrogens is 280 g/mol. The van der Waals surface area contributed by atoms with E-state index < -0.39 is 30.9 Å². The third-order valence-corrected chi connectivity index (χ3v) is 2.28. The zero-order valence-electron chi connectivity index (χ0n) is 10.5. The van der Waals surface area contributed by atoms with Gasteiger partial charge in [0.1, 0.15) is 5.82 Å². The average molecular weight is 294 g/mol. The maximum atomic E-state index is 12.9. The van der Waals surface area contributed by atoms with Crippen LogP contribution in [0.2, 0.25) is 0 Å². The van der Waals surface area contributed by atoms with Crippen LogP contribution in [0.3, 0.4) is 0 Å². The molecule has 0 atom stereocenters. The molecular formula is C12H14F4N2O2. The van der Waals surface area contributed by atoms with Crippen LogP contribution in [-0.4, -0.2) is 25.3 Å². The largest absolute Gasteiger partial charge is 0.396 e. The summed E-state index contributed by atoms with van der Waals surface area (Å²) < 4.78 is 53.0. The van der Waals surface area contributed by atoms with Crippen molar-refractivity contribution in [2.75, 3.05) is 24.3 Å². The number of nitrogens with two attached hydrogens (primary N) is 1. The van der Waals surface area contributed by atoms with Crippen molar-refractivity contribution in [3.8, 4) is 0 Å². The second-order valence-electron chi connectivity index (χ2n) is 4.01. The summed E-state index contributed by atoms with van der Waals surface area (Å²) in [7, 11) is 0. The molecule has 3 N–H and O–H groups in total. The molecule has 0 aliphatic carbocycles. The van der Waals surface area contributed by atoms with Gasteiger partial charge in [0.25, 0.3) is 0 Å². The third-order valence-electron chi connectivity index (χ3n) is 2.28. The van der Waals surface area contributed by atoms with Gasteiger partial charge in [-0.2, -0.15) is 13.2 Å². The van der Waals surface area contributed by atoms with Gasteiger partial charge in [-0.3, -0.25) is 4.79 Å². The molecule has 112 valence electrons. The van der Waals surface area contributed by atoms with Crippen LogP contribution in [0, 0.1) is 5.82 Å². The quantitative estimate of drug-likeness (QED) is 0.481. The van der Waals surface area contributed by atoms with Crippen molar-refractivity contribution in [1.82, 2.24) is 0 Å². The fourth-order valence-electron chi connectivity index (χ4n) is 1.30. The monoisotopic (exact) mass is 294 g/mol. The van der Waals surface area contributed by atoms with Crippen LogP contribution in [0.4, 0.5) is 28.9 Å². The molecule has 1 aromatic carbocycles. The maximum Gasteiger partial charge on any atom is 0.391 e. The van der Waals surface area contributed by atoms with Crippen molar-refractivity contribution in [3.63, 3.8) is 0 Å². The number of anilines is 2. The zero-order valence-corrected chi connectivity index (χ0v) is 10.5. The Balaban J connectivity index is 2.25. The SMILES string of the molecule is Nc1cc(NC(=O)CCOCCC(F)(F)F)ccc1F. The molecule has 1 aromatic rings. The lowest BCUT2D eigenvalue weighted by molar-refractivity contribution is -0.145. The van der Waals surface area contributed by atoms with Gasteiger partial charge in [-0.25, -0.2) is 4.39 Å². The second-order valence-corrected chi connectivity index (χ2v) is 4.01. The highest BCUT2D eigenvalue weighted by atomic mass is 19.4. The summed E-state index contributed by atoms with van der Waals surface area (Å²) >= 11 is 0. The van der Waals surface area contributed by atoms with Crippen LogP contribution >= 0.6 is 0 Å². The smallest absolute Gasteiger partial charge is 0.391 e. The number of hydrogen-bond donors (Lipinski definition) is 2. The van der Waals surface area contributed by atoms with Crippen molar-refractivity contribution in [2.45, 2.75) is 19.0 Å². The lowest BCUT2D eigenvalue weighted by Gasteiger charge is -2.08. The summed E-state index contributed by atoms with van der Waals surface area (Å²) in [6.45, 7) is -0.612. The van der Waals surface area contributed by atoms with Crippen molar-refractivity contribution in [2.24, 2.45) is 0 Å². The maximum absolute atomic E-state index is 12.9. The standard InChI is InChI=1S/C12H14F4N2O2/c13-9-2-1-8(7-10(9)17)18-11(19)3-5-20-6-4-12(14,15)16/h1-2,7H,3-6,17H2,(H,18,19). The number of amides is 1. The predicted molar refractivity (Wildman–Crippen MR) is 65.6 cm³/mol. The lowest BCUT2D eigenvalue weighted by Crippen LogP contribution is -2.16. The molecule has 4 nitrogen and oxygen atoms in total. The fourth-order valence-corrected chi connectivity index (χ4v) is 1.30. The summed E-state index contributed by atoms with van der Waals surface area (Å²) in [4.78, 5) is 11.4. The summed E-state index contributed by atoms with van der Waals surface area (Å²) in [5, 5.41) is 2.43. The topological polar surface area (TPSA) is 64.3 Å². The lowest BCUT2D eigenvalue weighted by atomic mass is 10.2. The number of rotatable bonds is 6. The molecule has 20 heavy (non-hydrogen) atoms. The van der Waals surface area contributed by atoms with Crippen molar-refractivity contribution < 1.29 is 27.1 Å². The van der Waals surface area contributed by atoms with Gasteiger partial charge in [0.2, 0.25) is 5.91 Å². The minimum absolute atomic E-state index is 0.102. The Bertz CT molecular complexity index is 463. The van der Waals surface area contributed by atoms with E-state index in [9.17, 15) is 22.4 Å². The molecule has 0 unspecified atom stereocenters. The van der Waals surface area contributed by atoms with E-state index in [1.807, 2.05) is 0 Å². The molecule has 0 radical (unpaired) electrons. The van der Waals surface area contributed by atoms with Gasteiger partial charge in [0.15, 0.2) is 0 Å². The first-order valence-corrected chi connectivity index (χ1v) is 5.77. The van der Waals surface area contributed by atoms with Crippen LogP contribution in [0.15, 0.2) is 18.2 Å². The van der Waals surface area contributed by atoms with Crippen LogP contribution in [0.1, 0.15) is 12.8 Å². The van der Waals surface area contributed by atoms with Crippen LogP contribution in [0.25, 0.3) is 0 Å². The van der Waals surface area contributed by atoms with Crippen LogP contribution < -0.4 is 11.1 Å². The molecule has 1 rings (SSSR count).